The van der Waals surface area contributed by atoms with E-state index in [-0.39, 0.29) is 18.2 Å². The summed E-state index contributed by atoms with van der Waals surface area (Å²) in [5, 5.41) is 2.95. The number of methoxy groups -OCH3 is 2. The summed E-state index contributed by atoms with van der Waals surface area (Å²) >= 11 is 0. The van der Waals surface area contributed by atoms with Crippen LogP contribution in [0.4, 0.5) is 5.69 Å². The lowest BCUT2D eigenvalue weighted by molar-refractivity contribution is -0.137. The molecule has 1 aliphatic rings. The van der Waals surface area contributed by atoms with Gasteiger partial charge >= 0.3 is 0 Å². The lowest BCUT2D eigenvalue weighted by Crippen LogP contribution is -2.39. The summed E-state index contributed by atoms with van der Waals surface area (Å²) in [4.78, 5) is 27.4. The number of carbonyl (C=O) groups is 2. The molecule has 0 saturated heterocycles. The van der Waals surface area contributed by atoms with Crippen molar-refractivity contribution in [3.63, 3.8) is 0 Å². The van der Waals surface area contributed by atoms with Gasteiger partial charge in [0.1, 0.15) is 17.2 Å². The zero-order valence-electron chi connectivity index (χ0n) is 20.2. The number of amides is 2. The minimum absolute atomic E-state index is 0.0697. The first-order chi connectivity index (χ1) is 17.0. The first kappa shape index (κ1) is 24.1. The Morgan fingerprint density at radius 1 is 1.06 bits per heavy atom. The van der Waals surface area contributed by atoms with Crippen molar-refractivity contribution in [1.82, 2.24) is 4.90 Å². The van der Waals surface area contributed by atoms with Crippen molar-refractivity contribution in [3.8, 4) is 17.2 Å². The molecule has 3 aromatic rings. The average Bonchev–Trinajstić information content (AvgIpc) is 2.98. The molecular weight excluding hydrogens is 444 g/mol. The number of hydrogen-bond acceptors (Lipinski definition) is 5. The van der Waals surface area contributed by atoms with Crippen LogP contribution in [0.1, 0.15) is 23.6 Å². The number of ether oxygens (including phenoxy) is 3. The normalized spacial score (nSPS) is 15.0. The van der Waals surface area contributed by atoms with Crippen molar-refractivity contribution in [2.24, 2.45) is 0 Å². The van der Waals surface area contributed by atoms with Gasteiger partial charge in [-0.25, -0.2) is 0 Å². The molecule has 0 spiro atoms. The molecule has 0 radical (unpaired) electrons. The second kappa shape index (κ2) is 11.0. The number of benzene rings is 3. The third kappa shape index (κ3) is 5.93. The largest absolute Gasteiger partial charge is 0.497 e. The Balaban J connectivity index is 1.46. The average molecular weight is 475 g/mol. The van der Waals surface area contributed by atoms with E-state index in [4.69, 9.17) is 14.2 Å². The molecule has 1 aliphatic heterocycles. The quantitative estimate of drug-likeness (QED) is 0.529. The van der Waals surface area contributed by atoms with Gasteiger partial charge in [0.15, 0.2) is 6.10 Å². The van der Waals surface area contributed by atoms with E-state index in [9.17, 15) is 9.59 Å². The van der Waals surface area contributed by atoms with Gasteiger partial charge in [0.25, 0.3) is 5.91 Å². The molecule has 0 saturated carbocycles. The maximum atomic E-state index is 13.0. The topological polar surface area (TPSA) is 77.1 Å². The molecule has 1 heterocycles. The molecule has 2 amide bonds. The standard InChI is InChI=1S/C28H30N2O5/c1-19-28(32)30(14-13-21-8-4-5-10-25(21)34-3)18-22-17-23(11-12-26(22)35-19)29-27(31)16-20-7-6-9-24(15-20)33-2/h4-12,15,17,19H,13-14,16,18H2,1-3H3,(H,29,31)/t19-/m1/s1. The van der Waals surface area contributed by atoms with Crippen LogP contribution in [0.15, 0.2) is 66.7 Å². The highest BCUT2D eigenvalue weighted by atomic mass is 16.5. The van der Waals surface area contributed by atoms with E-state index in [1.165, 1.54) is 0 Å². The zero-order valence-corrected chi connectivity index (χ0v) is 20.2. The fourth-order valence-corrected chi connectivity index (χ4v) is 4.20. The molecule has 0 aliphatic carbocycles. The monoisotopic (exact) mass is 474 g/mol. The van der Waals surface area contributed by atoms with E-state index in [2.05, 4.69) is 5.32 Å². The molecule has 0 unspecified atom stereocenters. The molecule has 7 heteroatoms. The number of rotatable bonds is 8. The number of carbonyl (C=O) groups excluding carboxylic acids is 2. The third-order valence-corrected chi connectivity index (χ3v) is 6.01. The molecule has 182 valence electrons. The molecule has 1 atom stereocenters. The van der Waals surface area contributed by atoms with E-state index in [1.807, 2.05) is 60.7 Å². The number of para-hydroxylation sites is 1. The van der Waals surface area contributed by atoms with Gasteiger partial charge in [-0.05, 0) is 60.9 Å². The van der Waals surface area contributed by atoms with Crippen molar-refractivity contribution in [2.45, 2.75) is 32.4 Å². The van der Waals surface area contributed by atoms with Gasteiger partial charge in [0, 0.05) is 24.3 Å². The Labute approximate surface area is 205 Å². The van der Waals surface area contributed by atoms with Crippen LogP contribution < -0.4 is 19.5 Å². The predicted molar refractivity (Wildman–Crippen MR) is 134 cm³/mol. The van der Waals surface area contributed by atoms with Gasteiger partial charge in [-0.3, -0.25) is 9.59 Å². The van der Waals surface area contributed by atoms with E-state index in [0.29, 0.717) is 36.7 Å². The Morgan fingerprint density at radius 3 is 2.69 bits per heavy atom. The molecule has 0 bridgehead atoms. The first-order valence-corrected chi connectivity index (χ1v) is 11.6. The maximum Gasteiger partial charge on any atom is 0.263 e. The Kier molecular flexibility index (Phi) is 7.55. The van der Waals surface area contributed by atoms with Crippen molar-refractivity contribution < 1.29 is 23.8 Å². The highest BCUT2D eigenvalue weighted by molar-refractivity contribution is 5.92. The van der Waals surface area contributed by atoms with Crippen LogP contribution in [0.3, 0.4) is 0 Å². The summed E-state index contributed by atoms with van der Waals surface area (Å²) in [5.74, 6) is 1.96. The lowest BCUT2D eigenvalue weighted by Gasteiger charge is -2.22. The zero-order chi connectivity index (χ0) is 24.8. The number of nitrogens with zero attached hydrogens (tertiary/aromatic N) is 1. The number of fused-ring (bicyclic) bond motifs is 1. The van der Waals surface area contributed by atoms with Gasteiger partial charge < -0.3 is 24.4 Å². The van der Waals surface area contributed by atoms with Gasteiger partial charge in [-0.2, -0.15) is 0 Å². The maximum absolute atomic E-state index is 13.0. The van der Waals surface area contributed by atoms with Gasteiger partial charge in [0.05, 0.1) is 20.6 Å². The highest BCUT2D eigenvalue weighted by Crippen LogP contribution is 2.29. The second-order valence-electron chi connectivity index (χ2n) is 8.48. The van der Waals surface area contributed by atoms with Crippen molar-refractivity contribution in [1.29, 1.82) is 0 Å². The van der Waals surface area contributed by atoms with Crippen LogP contribution in [0, 0.1) is 0 Å². The van der Waals surface area contributed by atoms with Gasteiger partial charge in [-0.1, -0.05) is 30.3 Å². The molecule has 1 N–H and O–H groups in total. The molecule has 35 heavy (non-hydrogen) atoms. The van der Waals surface area contributed by atoms with Crippen LogP contribution >= 0.6 is 0 Å². The van der Waals surface area contributed by atoms with Crippen molar-refractivity contribution in [3.05, 3.63) is 83.4 Å². The summed E-state index contributed by atoms with van der Waals surface area (Å²) in [6, 6.07) is 20.7. The predicted octanol–water partition coefficient (Wildman–Crippen LogP) is 4.24. The van der Waals surface area contributed by atoms with Crippen LogP contribution in [0.25, 0.3) is 0 Å². The molecule has 0 aromatic heterocycles. The van der Waals surface area contributed by atoms with E-state index in [0.717, 1.165) is 22.4 Å². The minimum Gasteiger partial charge on any atom is -0.497 e. The van der Waals surface area contributed by atoms with Crippen LogP contribution in [0.2, 0.25) is 0 Å². The smallest absolute Gasteiger partial charge is 0.263 e. The van der Waals surface area contributed by atoms with E-state index in [1.54, 1.807) is 32.1 Å². The summed E-state index contributed by atoms with van der Waals surface area (Å²) in [5.41, 5.74) is 3.41. The summed E-state index contributed by atoms with van der Waals surface area (Å²) in [7, 11) is 3.24. The summed E-state index contributed by atoms with van der Waals surface area (Å²) in [6.45, 7) is 2.68. The summed E-state index contributed by atoms with van der Waals surface area (Å²) in [6.07, 6.45) is 0.294. The second-order valence-corrected chi connectivity index (χ2v) is 8.48. The van der Waals surface area contributed by atoms with Crippen LogP contribution in [-0.2, 0) is 29.0 Å². The number of nitrogens with one attached hydrogen (secondary N) is 1. The molecule has 4 rings (SSSR count). The molecule has 0 fully saturated rings. The molecular formula is C28H30N2O5. The number of anilines is 1. The van der Waals surface area contributed by atoms with Gasteiger partial charge in [-0.15, -0.1) is 0 Å². The fraction of sp³-hybridized carbons (Fsp3) is 0.286. The Bertz CT molecular complexity index is 1210. The van der Waals surface area contributed by atoms with E-state index >= 15 is 0 Å². The summed E-state index contributed by atoms with van der Waals surface area (Å²) < 4.78 is 16.6. The Morgan fingerprint density at radius 2 is 1.89 bits per heavy atom. The highest BCUT2D eigenvalue weighted by Gasteiger charge is 2.28. The van der Waals surface area contributed by atoms with Crippen LogP contribution in [-0.4, -0.2) is 43.6 Å². The lowest BCUT2D eigenvalue weighted by atomic mass is 10.1. The third-order valence-electron chi connectivity index (χ3n) is 6.01. The van der Waals surface area contributed by atoms with Crippen molar-refractivity contribution >= 4 is 17.5 Å². The molecule has 7 nitrogen and oxygen atoms in total. The van der Waals surface area contributed by atoms with Crippen LogP contribution in [0.5, 0.6) is 17.2 Å². The number of hydrogen-bond donors (Lipinski definition) is 1. The molecule has 3 aromatic carbocycles. The Hall–Kier alpha value is -4.00. The van der Waals surface area contributed by atoms with Gasteiger partial charge in [0.2, 0.25) is 5.91 Å². The van der Waals surface area contributed by atoms with Crippen molar-refractivity contribution in [2.75, 3.05) is 26.1 Å². The van der Waals surface area contributed by atoms with E-state index < -0.39 is 6.10 Å². The first-order valence-electron chi connectivity index (χ1n) is 11.6. The minimum atomic E-state index is -0.595. The SMILES string of the molecule is COc1cccc(CC(=O)Nc2ccc3c(c2)CN(CCc2ccccc2OC)C(=O)[C@@H](C)O3)c1. The fourth-order valence-electron chi connectivity index (χ4n) is 4.20.